The van der Waals surface area contributed by atoms with Crippen molar-refractivity contribution >= 4 is 11.8 Å². The van der Waals surface area contributed by atoms with Crippen LogP contribution in [0.3, 0.4) is 0 Å². The van der Waals surface area contributed by atoms with E-state index in [1.54, 1.807) is 0 Å². The molecule has 1 atom stereocenters. The summed E-state index contributed by atoms with van der Waals surface area (Å²) in [4.78, 5) is 2.59. The first-order chi connectivity index (χ1) is 12.4. The van der Waals surface area contributed by atoms with Crippen LogP contribution in [0.2, 0.25) is 0 Å². The van der Waals surface area contributed by atoms with E-state index < -0.39 is 0 Å². The molecular formula is C23H23NS. The summed E-state index contributed by atoms with van der Waals surface area (Å²) in [6.45, 7) is 0.919. The molecular weight excluding hydrogens is 322 g/mol. The van der Waals surface area contributed by atoms with Gasteiger partial charge in [-0.15, -0.1) is 0 Å². The van der Waals surface area contributed by atoms with Crippen LogP contribution < -0.4 is 5.32 Å². The topological polar surface area (TPSA) is 12.0 Å². The third-order valence-electron chi connectivity index (χ3n) is 4.80. The van der Waals surface area contributed by atoms with Crippen LogP contribution in [0, 0.1) is 0 Å². The minimum Gasteiger partial charge on any atom is -0.306 e. The fraction of sp³-hybridized carbons (Fsp3) is 0.217. The molecule has 2 heteroatoms. The van der Waals surface area contributed by atoms with Gasteiger partial charge in [0, 0.05) is 22.4 Å². The van der Waals surface area contributed by atoms with Crippen LogP contribution in [-0.2, 0) is 13.0 Å². The smallest absolute Gasteiger partial charge is 0.0326 e. The second-order valence-corrected chi connectivity index (χ2v) is 7.73. The zero-order valence-corrected chi connectivity index (χ0v) is 15.1. The van der Waals surface area contributed by atoms with E-state index in [9.17, 15) is 0 Å². The summed E-state index contributed by atoms with van der Waals surface area (Å²) in [6.07, 6.45) is 3.73. The number of benzene rings is 3. The van der Waals surface area contributed by atoms with Crippen LogP contribution in [0.15, 0.2) is 88.7 Å². The number of rotatable bonds is 5. The normalized spacial score (nSPS) is 16.4. The summed E-state index contributed by atoms with van der Waals surface area (Å²) in [5, 5.41) is 3.78. The van der Waals surface area contributed by atoms with Crippen LogP contribution >= 0.6 is 11.8 Å². The van der Waals surface area contributed by atoms with E-state index in [0.29, 0.717) is 6.04 Å². The standard InChI is InChI=1S/C23H23NS/c1-2-11-20(12-3-1)25-21-13-6-8-18(16-21)17-24-23-15-7-10-19-9-4-5-14-22(19)23/h1-6,8-9,11-14,16,23-24H,7,10,15,17H2/t23-/m0/s1. The lowest BCUT2D eigenvalue weighted by atomic mass is 9.87. The minimum absolute atomic E-state index is 0.482. The summed E-state index contributed by atoms with van der Waals surface area (Å²) in [7, 11) is 0. The fourth-order valence-electron chi connectivity index (χ4n) is 3.55. The zero-order valence-electron chi connectivity index (χ0n) is 14.3. The maximum Gasteiger partial charge on any atom is 0.0326 e. The lowest BCUT2D eigenvalue weighted by molar-refractivity contribution is 0.459. The molecule has 0 fully saturated rings. The van der Waals surface area contributed by atoms with Gasteiger partial charge in [0.2, 0.25) is 0 Å². The molecule has 1 nitrogen and oxygen atoms in total. The molecule has 1 aliphatic carbocycles. The molecule has 3 aromatic carbocycles. The molecule has 0 unspecified atom stereocenters. The lowest BCUT2D eigenvalue weighted by Crippen LogP contribution is -2.24. The van der Waals surface area contributed by atoms with Gasteiger partial charge in [0.05, 0.1) is 0 Å². The average molecular weight is 346 g/mol. The minimum atomic E-state index is 0.482. The Morgan fingerprint density at radius 1 is 0.840 bits per heavy atom. The molecule has 1 aliphatic rings. The number of fused-ring (bicyclic) bond motifs is 1. The second kappa shape index (κ2) is 7.90. The molecule has 0 amide bonds. The van der Waals surface area contributed by atoms with Gasteiger partial charge in [-0.05, 0) is 60.2 Å². The van der Waals surface area contributed by atoms with E-state index >= 15 is 0 Å². The van der Waals surface area contributed by atoms with Crippen molar-refractivity contribution in [3.05, 3.63) is 95.6 Å². The van der Waals surface area contributed by atoms with Crippen LogP contribution in [0.25, 0.3) is 0 Å². The molecule has 0 heterocycles. The molecule has 4 rings (SSSR count). The predicted octanol–water partition coefficient (Wildman–Crippen LogP) is 6.01. The quantitative estimate of drug-likeness (QED) is 0.608. The first-order valence-electron chi connectivity index (χ1n) is 9.01. The van der Waals surface area contributed by atoms with Gasteiger partial charge in [0.25, 0.3) is 0 Å². The van der Waals surface area contributed by atoms with Gasteiger partial charge in [0.1, 0.15) is 0 Å². The Balaban J connectivity index is 1.43. The summed E-state index contributed by atoms with van der Waals surface area (Å²) in [5.41, 5.74) is 4.35. The highest BCUT2D eigenvalue weighted by Gasteiger charge is 2.18. The van der Waals surface area contributed by atoms with Gasteiger partial charge in [-0.3, -0.25) is 0 Å². The highest BCUT2D eigenvalue weighted by molar-refractivity contribution is 7.99. The van der Waals surface area contributed by atoms with E-state index in [1.165, 1.54) is 45.7 Å². The van der Waals surface area contributed by atoms with Crippen molar-refractivity contribution in [3.8, 4) is 0 Å². The van der Waals surface area contributed by atoms with Gasteiger partial charge >= 0.3 is 0 Å². The van der Waals surface area contributed by atoms with Crippen LogP contribution in [0.5, 0.6) is 0 Å². The summed E-state index contributed by atoms with van der Waals surface area (Å²) < 4.78 is 0. The molecule has 0 aliphatic heterocycles. The van der Waals surface area contributed by atoms with E-state index in [1.807, 2.05) is 11.8 Å². The Morgan fingerprint density at radius 3 is 2.56 bits per heavy atom. The van der Waals surface area contributed by atoms with Gasteiger partial charge in [-0.2, -0.15) is 0 Å². The van der Waals surface area contributed by atoms with Gasteiger partial charge in [0.15, 0.2) is 0 Å². The van der Waals surface area contributed by atoms with Crippen molar-refractivity contribution in [2.45, 2.75) is 41.6 Å². The summed E-state index contributed by atoms with van der Waals surface area (Å²) in [5.74, 6) is 0. The van der Waals surface area contributed by atoms with Crippen LogP contribution in [0.1, 0.15) is 35.6 Å². The monoisotopic (exact) mass is 345 g/mol. The van der Waals surface area contributed by atoms with E-state index in [-0.39, 0.29) is 0 Å². The highest BCUT2D eigenvalue weighted by Crippen LogP contribution is 2.30. The number of hydrogen-bond donors (Lipinski definition) is 1. The van der Waals surface area contributed by atoms with Gasteiger partial charge < -0.3 is 5.32 Å². The van der Waals surface area contributed by atoms with Crippen molar-refractivity contribution in [1.82, 2.24) is 5.32 Å². The maximum atomic E-state index is 3.78. The van der Waals surface area contributed by atoms with Crippen molar-refractivity contribution in [2.24, 2.45) is 0 Å². The Labute approximate surface area is 154 Å². The molecule has 0 bridgehead atoms. The van der Waals surface area contributed by atoms with E-state index in [4.69, 9.17) is 0 Å². The predicted molar refractivity (Wildman–Crippen MR) is 106 cm³/mol. The van der Waals surface area contributed by atoms with Crippen molar-refractivity contribution in [1.29, 1.82) is 0 Å². The first-order valence-corrected chi connectivity index (χ1v) is 9.83. The molecule has 25 heavy (non-hydrogen) atoms. The first kappa shape index (κ1) is 16.4. The van der Waals surface area contributed by atoms with Crippen molar-refractivity contribution in [2.75, 3.05) is 0 Å². The largest absolute Gasteiger partial charge is 0.306 e. The maximum absolute atomic E-state index is 3.78. The molecule has 0 saturated heterocycles. The van der Waals surface area contributed by atoms with Gasteiger partial charge in [-0.1, -0.05) is 66.4 Å². The van der Waals surface area contributed by atoms with E-state index in [2.05, 4.69) is 84.2 Å². The summed E-state index contributed by atoms with van der Waals surface area (Å²) >= 11 is 1.82. The molecule has 126 valence electrons. The average Bonchev–Trinajstić information content (AvgIpc) is 2.67. The Kier molecular flexibility index (Phi) is 5.19. The lowest BCUT2D eigenvalue weighted by Gasteiger charge is -2.26. The second-order valence-electron chi connectivity index (χ2n) is 6.59. The summed E-state index contributed by atoms with van der Waals surface area (Å²) in [6, 6.07) is 28.8. The Morgan fingerprint density at radius 2 is 1.64 bits per heavy atom. The number of nitrogens with one attached hydrogen (secondary N) is 1. The molecule has 0 radical (unpaired) electrons. The third-order valence-corrected chi connectivity index (χ3v) is 5.80. The molecule has 3 aromatic rings. The van der Waals surface area contributed by atoms with Crippen molar-refractivity contribution < 1.29 is 0 Å². The Bertz CT molecular complexity index is 828. The van der Waals surface area contributed by atoms with Gasteiger partial charge in [-0.25, -0.2) is 0 Å². The number of hydrogen-bond acceptors (Lipinski definition) is 2. The zero-order chi connectivity index (χ0) is 16.9. The van der Waals surface area contributed by atoms with Crippen molar-refractivity contribution in [3.63, 3.8) is 0 Å². The van der Waals surface area contributed by atoms with Crippen LogP contribution in [0.4, 0.5) is 0 Å². The molecule has 1 N–H and O–H groups in total. The Hall–Kier alpha value is -2.03. The SMILES string of the molecule is c1ccc(Sc2cccc(CN[C@H]3CCCc4ccccc43)c2)cc1. The van der Waals surface area contributed by atoms with Crippen LogP contribution in [-0.4, -0.2) is 0 Å². The third kappa shape index (κ3) is 4.15. The number of aryl methyl sites for hydroxylation is 1. The fourth-order valence-corrected chi connectivity index (χ4v) is 4.47. The molecule has 0 aromatic heterocycles. The molecule has 0 saturated carbocycles. The molecule has 0 spiro atoms. The van der Waals surface area contributed by atoms with E-state index in [0.717, 1.165) is 6.54 Å². The highest BCUT2D eigenvalue weighted by atomic mass is 32.2.